The van der Waals surface area contributed by atoms with Crippen LogP contribution in [0.2, 0.25) is 0 Å². The predicted molar refractivity (Wildman–Crippen MR) is 86.4 cm³/mol. The Morgan fingerprint density at radius 2 is 1.35 bits per heavy atom. The molecule has 0 saturated carbocycles. The van der Waals surface area contributed by atoms with Crippen molar-refractivity contribution in [2.24, 2.45) is 11.8 Å². The lowest BCUT2D eigenvalue weighted by Gasteiger charge is -2.27. The molecule has 8 nitrogen and oxygen atoms in total. The van der Waals surface area contributed by atoms with Crippen molar-refractivity contribution in [2.75, 3.05) is 21.3 Å². The minimum atomic E-state index is -1.46. The Morgan fingerprint density at radius 1 is 0.885 bits per heavy atom. The zero-order chi connectivity index (χ0) is 19.9. The van der Waals surface area contributed by atoms with Crippen LogP contribution in [0.25, 0.3) is 0 Å². The van der Waals surface area contributed by atoms with Gasteiger partial charge in [-0.3, -0.25) is 14.4 Å². The molecule has 9 heteroatoms. The van der Waals surface area contributed by atoms with Crippen molar-refractivity contribution in [3.8, 4) is 0 Å². The summed E-state index contributed by atoms with van der Waals surface area (Å²) in [6.45, 7) is 1.39. The number of halogens is 1. The van der Waals surface area contributed by atoms with Gasteiger partial charge in [0.15, 0.2) is 5.92 Å². The van der Waals surface area contributed by atoms with E-state index in [1.54, 1.807) is 0 Å². The SMILES string of the molecule is COC(=O)C(C(=O)OC)[C@H](C)[C@H](NC(=O)c1ccc(F)cc1)C(=O)OC. The van der Waals surface area contributed by atoms with Crippen LogP contribution in [0.1, 0.15) is 17.3 Å². The van der Waals surface area contributed by atoms with Crippen molar-refractivity contribution >= 4 is 23.8 Å². The molecule has 0 spiro atoms. The van der Waals surface area contributed by atoms with Crippen molar-refractivity contribution in [2.45, 2.75) is 13.0 Å². The molecule has 1 amide bonds. The molecule has 1 N–H and O–H groups in total. The van der Waals surface area contributed by atoms with E-state index in [1.807, 2.05) is 0 Å². The van der Waals surface area contributed by atoms with Crippen molar-refractivity contribution in [3.05, 3.63) is 35.6 Å². The molecular formula is C17H20FNO7. The molecule has 0 radical (unpaired) electrons. The van der Waals surface area contributed by atoms with Gasteiger partial charge in [-0.25, -0.2) is 9.18 Å². The highest BCUT2D eigenvalue weighted by Gasteiger charge is 2.42. The van der Waals surface area contributed by atoms with Gasteiger partial charge in [0.2, 0.25) is 0 Å². The van der Waals surface area contributed by atoms with Crippen molar-refractivity contribution in [1.82, 2.24) is 5.32 Å². The first kappa shape index (κ1) is 21.1. The quantitative estimate of drug-likeness (QED) is 0.428. The summed E-state index contributed by atoms with van der Waals surface area (Å²) in [6, 6.07) is 3.26. The zero-order valence-corrected chi connectivity index (χ0v) is 14.8. The first-order valence-corrected chi connectivity index (χ1v) is 7.56. The molecule has 0 aliphatic heterocycles. The van der Waals surface area contributed by atoms with Crippen LogP contribution in [-0.4, -0.2) is 51.2 Å². The van der Waals surface area contributed by atoms with E-state index in [-0.39, 0.29) is 5.56 Å². The summed E-state index contributed by atoms with van der Waals surface area (Å²) in [5.41, 5.74) is 0.0835. The summed E-state index contributed by atoms with van der Waals surface area (Å²) in [4.78, 5) is 48.3. The van der Waals surface area contributed by atoms with Gasteiger partial charge in [0, 0.05) is 11.5 Å². The third kappa shape index (κ3) is 5.01. The molecule has 0 heterocycles. The average Bonchev–Trinajstić information content (AvgIpc) is 2.65. The number of ether oxygens (including phenoxy) is 3. The molecule has 0 bridgehead atoms. The van der Waals surface area contributed by atoms with Gasteiger partial charge in [0.05, 0.1) is 21.3 Å². The van der Waals surface area contributed by atoms with Gasteiger partial charge in [-0.05, 0) is 24.3 Å². The first-order valence-electron chi connectivity index (χ1n) is 7.56. The fraction of sp³-hybridized carbons (Fsp3) is 0.412. The minimum absolute atomic E-state index is 0.0835. The third-order valence-electron chi connectivity index (χ3n) is 3.81. The number of hydrogen-bond acceptors (Lipinski definition) is 7. The number of nitrogens with one attached hydrogen (secondary N) is 1. The molecule has 1 aromatic carbocycles. The van der Waals surface area contributed by atoms with Gasteiger partial charge in [-0.2, -0.15) is 0 Å². The molecule has 142 valence electrons. The predicted octanol–water partition coefficient (Wildman–Crippen LogP) is 0.695. The van der Waals surface area contributed by atoms with E-state index < -0.39 is 47.5 Å². The monoisotopic (exact) mass is 369 g/mol. The molecule has 1 aromatic rings. The topological polar surface area (TPSA) is 108 Å². The van der Waals surface area contributed by atoms with Gasteiger partial charge in [-0.15, -0.1) is 0 Å². The number of rotatable bonds is 7. The van der Waals surface area contributed by atoms with Gasteiger partial charge >= 0.3 is 17.9 Å². The van der Waals surface area contributed by atoms with E-state index in [1.165, 1.54) is 19.1 Å². The van der Waals surface area contributed by atoms with Gasteiger partial charge < -0.3 is 19.5 Å². The van der Waals surface area contributed by atoms with Crippen LogP contribution >= 0.6 is 0 Å². The minimum Gasteiger partial charge on any atom is -0.468 e. The average molecular weight is 369 g/mol. The second-order valence-corrected chi connectivity index (χ2v) is 5.36. The Balaban J connectivity index is 3.12. The largest absolute Gasteiger partial charge is 0.468 e. The second-order valence-electron chi connectivity index (χ2n) is 5.36. The Hall–Kier alpha value is -2.97. The molecule has 26 heavy (non-hydrogen) atoms. The van der Waals surface area contributed by atoms with Crippen molar-refractivity contribution in [3.63, 3.8) is 0 Å². The molecule has 1 rings (SSSR count). The summed E-state index contributed by atoms with van der Waals surface area (Å²) in [7, 11) is 3.25. The van der Waals surface area contributed by atoms with E-state index in [9.17, 15) is 23.6 Å². The van der Waals surface area contributed by atoms with E-state index in [0.29, 0.717) is 0 Å². The summed E-state index contributed by atoms with van der Waals surface area (Å²) in [5.74, 6) is -6.44. The van der Waals surface area contributed by atoms with E-state index in [0.717, 1.165) is 33.5 Å². The summed E-state index contributed by atoms with van der Waals surface area (Å²) >= 11 is 0. The normalized spacial score (nSPS) is 12.7. The Morgan fingerprint density at radius 3 is 1.77 bits per heavy atom. The summed E-state index contributed by atoms with van der Waals surface area (Å²) < 4.78 is 26.8. The first-order chi connectivity index (χ1) is 12.3. The Kier molecular flexibility index (Phi) is 7.70. The molecule has 2 atom stereocenters. The number of amides is 1. The van der Waals surface area contributed by atoms with Crippen molar-refractivity contribution < 1.29 is 37.8 Å². The third-order valence-corrected chi connectivity index (χ3v) is 3.81. The molecular weight excluding hydrogens is 349 g/mol. The number of benzene rings is 1. The van der Waals surface area contributed by atoms with Gasteiger partial charge in [0.25, 0.3) is 5.91 Å². The van der Waals surface area contributed by atoms with Crippen LogP contribution in [0.4, 0.5) is 4.39 Å². The number of carbonyl (C=O) groups excluding carboxylic acids is 4. The van der Waals surface area contributed by atoms with E-state index in [2.05, 4.69) is 19.5 Å². The van der Waals surface area contributed by atoms with Crippen LogP contribution in [0.3, 0.4) is 0 Å². The van der Waals surface area contributed by atoms with Crippen LogP contribution in [0.15, 0.2) is 24.3 Å². The lowest BCUT2D eigenvalue weighted by atomic mass is 9.87. The van der Waals surface area contributed by atoms with Crippen LogP contribution in [-0.2, 0) is 28.6 Å². The fourth-order valence-corrected chi connectivity index (χ4v) is 2.33. The maximum Gasteiger partial charge on any atom is 0.328 e. The standard InChI is InChI=1S/C17H20FNO7/c1-9(12(15(21)24-2)16(22)25-3)13(17(23)26-4)19-14(20)10-5-7-11(18)8-6-10/h5-9,12-13H,1-4H3,(H,19,20)/t9-,13-/m0/s1. The molecule has 0 aromatic heterocycles. The highest BCUT2D eigenvalue weighted by molar-refractivity contribution is 5.99. The number of carbonyl (C=O) groups is 4. The van der Waals surface area contributed by atoms with Crippen LogP contribution in [0, 0.1) is 17.7 Å². The maximum atomic E-state index is 13.0. The lowest BCUT2D eigenvalue weighted by molar-refractivity contribution is -0.162. The Bertz CT molecular complexity index is 658. The zero-order valence-electron chi connectivity index (χ0n) is 14.8. The Labute approximate surface area is 149 Å². The fourth-order valence-electron chi connectivity index (χ4n) is 2.33. The van der Waals surface area contributed by atoms with Crippen LogP contribution in [0.5, 0.6) is 0 Å². The maximum absolute atomic E-state index is 13.0. The van der Waals surface area contributed by atoms with Gasteiger partial charge in [0.1, 0.15) is 11.9 Å². The molecule has 0 unspecified atom stereocenters. The number of hydrogen-bond donors (Lipinski definition) is 1. The smallest absolute Gasteiger partial charge is 0.328 e. The van der Waals surface area contributed by atoms with Gasteiger partial charge in [-0.1, -0.05) is 6.92 Å². The van der Waals surface area contributed by atoms with Crippen LogP contribution < -0.4 is 5.32 Å². The van der Waals surface area contributed by atoms with E-state index in [4.69, 9.17) is 0 Å². The summed E-state index contributed by atoms with van der Waals surface area (Å²) in [5, 5.41) is 2.39. The van der Waals surface area contributed by atoms with E-state index >= 15 is 0 Å². The highest BCUT2D eigenvalue weighted by Crippen LogP contribution is 2.21. The highest BCUT2D eigenvalue weighted by atomic mass is 19.1. The molecule has 0 aliphatic carbocycles. The summed E-state index contributed by atoms with van der Waals surface area (Å²) in [6.07, 6.45) is 0. The number of esters is 3. The molecule has 0 fully saturated rings. The molecule has 0 saturated heterocycles. The lowest BCUT2D eigenvalue weighted by Crippen LogP contribution is -2.51. The van der Waals surface area contributed by atoms with Crippen molar-refractivity contribution in [1.29, 1.82) is 0 Å². The number of methoxy groups -OCH3 is 3. The molecule has 0 aliphatic rings. The second kappa shape index (κ2) is 9.50.